The van der Waals surface area contributed by atoms with E-state index < -0.39 is 37.3 Å². The van der Waals surface area contributed by atoms with E-state index in [0.717, 1.165) is 0 Å². The Kier molecular flexibility index (Phi) is 4.65. The van der Waals surface area contributed by atoms with Crippen LogP contribution in [0.2, 0.25) is 0 Å². The molecule has 15 heavy (non-hydrogen) atoms. The van der Waals surface area contributed by atoms with Gasteiger partial charge in [-0.3, -0.25) is 0 Å². The monoisotopic (exact) mass is 220 g/mol. The van der Waals surface area contributed by atoms with Crippen molar-refractivity contribution >= 4 is 0 Å². The van der Waals surface area contributed by atoms with Crippen molar-refractivity contribution in [3.05, 3.63) is 12.7 Å². The van der Waals surface area contributed by atoms with Crippen molar-refractivity contribution in [2.24, 2.45) is 0 Å². The Morgan fingerprint density at radius 1 is 1.40 bits per heavy atom. The van der Waals surface area contributed by atoms with Crippen LogP contribution in [0.1, 0.15) is 0 Å². The highest BCUT2D eigenvalue weighted by atomic mass is 16.7. The highest BCUT2D eigenvalue weighted by Gasteiger charge is 2.46. The molecule has 88 valence electrons. The predicted octanol–water partition coefficient (Wildman–Crippen LogP) is -2.01. The van der Waals surface area contributed by atoms with Gasteiger partial charge in [-0.2, -0.15) is 0 Å². The molecule has 1 rings (SSSR count). The zero-order chi connectivity index (χ0) is 11.4. The van der Waals surface area contributed by atoms with Crippen LogP contribution in [0.25, 0.3) is 0 Å². The van der Waals surface area contributed by atoms with Gasteiger partial charge in [0.05, 0.1) is 13.2 Å². The first kappa shape index (κ1) is 12.6. The van der Waals surface area contributed by atoms with Gasteiger partial charge in [-0.25, -0.2) is 0 Å². The molecule has 4 N–H and O–H groups in total. The molecule has 0 aliphatic carbocycles. The van der Waals surface area contributed by atoms with E-state index in [4.69, 9.17) is 14.6 Å². The average molecular weight is 220 g/mol. The second-order valence-electron chi connectivity index (χ2n) is 3.32. The molecule has 6 nitrogen and oxygen atoms in total. The Balaban J connectivity index is 2.54. The molecular weight excluding hydrogens is 204 g/mol. The lowest BCUT2D eigenvalue weighted by Gasteiger charge is -2.18. The summed E-state index contributed by atoms with van der Waals surface area (Å²) in [6.45, 7) is 3.03. The second-order valence-corrected chi connectivity index (χ2v) is 3.32. The lowest BCUT2D eigenvalue weighted by atomic mass is 10.1. The Morgan fingerprint density at radius 2 is 2.07 bits per heavy atom. The smallest absolute Gasteiger partial charge is 0.187 e. The molecule has 0 spiro atoms. The van der Waals surface area contributed by atoms with Crippen molar-refractivity contribution in [2.45, 2.75) is 30.7 Å². The third-order valence-electron chi connectivity index (χ3n) is 2.20. The van der Waals surface area contributed by atoms with Crippen molar-refractivity contribution in [3.8, 4) is 0 Å². The number of hydrogen-bond donors (Lipinski definition) is 4. The number of ether oxygens (including phenoxy) is 2. The second kappa shape index (κ2) is 5.55. The Hall–Kier alpha value is -0.500. The Morgan fingerprint density at radius 3 is 2.60 bits per heavy atom. The number of hydrogen-bond acceptors (Lipinski definition) is 6. The van der Waals surface area contributed by atoms with E-state index >= 15 is 0 Å². The molecule has 1 heterocycles. The summed E-state index contributed by atoms with van der Waals surface area (Å²) >= 11 is 0. The van der Waals surface area contributed by atoms with Gasteiger partial charge in [-0.1, -0.05) is 6.08 Å². The Bertz CT molecular complexity index is 209. The molecule has 1 aliphatic rings. The van der Waals surface area contributed by atoms with Crippen LogP contribution in [0.4, 0.5) is 0 Å². The SMILES string of the molecule is C=CCO[C@@H]1O[C@@H]([C@H](O)CO)C(O)[C@@H]1O. The average Bonchev–Trinajstić information content (AvgIpc) is 2.53. The van der Waals surface area contributed by atoms with Crippen LogP contribution in [-0.4, -0.2) is 64.3 Å². The van der Waals surface area contributed by atoms with Gasteiger partial charge in [-0.05, 0) is 0 Å². The van der Waals surface area contributed by atoms with Gasteiger partial charge in [-0.15, -0.1) is 6.58 Å². The molecule has 1 aliphatic heterocycles. The fourth-order valence-electron chi connectivity index (χ4n) is 1.39. The van der Waals surface area contributed by atoms with Crippen molar-refractivity contribution in [2.75, 3.05) is 13.2 Å². The third kappa shape index (κ3) is 2.75. The van der Waals surface area contributed by atoms with Gasteiger partial charge in [0.25, 0.3) is 0 Å². The molecule has 0 radical (unpaired) electrons. The molecular formula is C9H16O6. The number of aliphatic hydroxyl groups excluding tert-OH is 4. The highest BCUT2D eigenvalue weighted by Crippen LogP contribution is 2.24. The summed E-state index contributed by atoms with van der Waals surface area (Å²) in [5.41, 5.74) is 0. The van der Waals surface area contributed by atoms with Gasteiger partial charge < -0.3 is 29.9 Å². The zero-order valence-corrected chi connectivity index (χ0v) is 8.19. The maximum absolute atomic E-state index is 9.48. The normalized spacial score (nSPS) is 37.9. The van der Waals surface area contributed by atoms with E-state index in [0.29, 0.717) is 0 Å². The standard InChI is InChI=1S/C9H16O6/c1-2-3-14-9-7(13)6(12)8(15-9)5(11)4-10/h2,5-13H,1,3-4H2/t5-,6?,7+,8+,9-/m1/s1. The van der Waals surface area contributed by atoms with Crippen molar-refractivity contribution < 1.29 is 29.9 Å². The minimum atomic E-state index is -1.28. The van der Waals surface area contributed by atoms with Crippen molar-refractivity contribution in [1.82, 2.24) is 0 Å². The molecule has 0 aromatic rings. The van der Waals surface area contributed by atoms with Crippen molar-refractivity contribution in [1.29, 1.82) is 0 Å². The molecule has 1 saturated heterocycles. The summed E-state index contributed by atoms with van der Waals surface area (Å²) in [5, 5.41) is 36.9. The highest BCUT2D eigenvalue weighted by molar-refractivity contribution is 4.90. The lowest BCUT2D eigenvalue weighted by Crippen LogP contribution is -2.40. The molecule has 1 unspecified atom stereocenters. The summed E-state index contributed by atoms with van der Waals surface area (Å²) in [6, 6.07) is 0. The quantitative estimate of drug-likeness (QED) is 0.399. The van der Waals surface area contributed by atoms with Crippen molar-refractivity contribution in [3.63, 3.8) is 0 Å². The summed E-state index contributed by atoms with van der Waals surface area (Å²) in [6.07, 6.45) is -4.34. The van der Waals surface area contributed by atoms with Gasteiger partial charge >= 0.3 is 0 Å². The first-order chi connectivity index (χ1) is 7.11. The van der Waals surface area contributed by atoms with Crippen LogP contribution in [-0.2, 0) is 9.47 Å². The lowest BCUT2D eigenvalue weighted by molar-refractivity contribution is -0.175. The van der Waals surface area contributed by atoms with Gasteiger partial charge in [0, 0.05) is 0 Å². The molecule has 0 saturated carbocycles. The largest absolute Gasteiger partial charge is 0.394 e. The van der Waals surface area contributed by atoms with Crippen LogP contribution in [0.15, 0.2) is 12.7 Å². The van der Waals surface area contributed by atoms with E-state index in [-0.39, 0.29) is 6.61 Å². The van der Waals surface area contributed by atoms with Gasteiger partial charge in [0.2, 0.25) is 0 Å². The van der Waals surface area contributed by atoms with E-state index in [1.165, 1.54) is 6.08 Å². The minimum absolute atomic E-state index is 0.163. The predicted molar refractivity (Wildman–Crippen MR) is 49.9 cm³/mol. The van der Waals surface area contributed by atoms with E-state index in [1.54, 1.807) is 0 Å². The maximum Gasteiger partial charge on any atom is 0.187 e. The van der Waals surface area contributed by atoms with Crippen LogP contribution in [0.3, 0.4) is 0 Å². The Labute approximate surface area is 87.4 Å². The number of aliphatic hydroxyl groups is 4. The van der Waals surface area contributed by atoms with Crippen LogP contribution in [0.5, 0.6) is 0 Å². The van der Waals surface area contributed by atoms with Gasteiger partial charge in [0.15, 0.2) is 6.29 Å². The third-order valence-corrected chi connectivity index (χ3v) is 2.20. The van der Waals surface area contributed by atoms with E-state index in [1.807, 2.05) is 0 Å². The molecule has 5 atom stereocenters. The molecule has 0 amide bonds. The first-order valence-corrected chi connectivity index (χ1v) is 4.64. The van der Waals surface area contributed by atoms with Gasteiger partial charge in [0.1, 0.15) is 24.4 Å². The molecule has 0 aromatic heterocycles. The zero-order valence-electron chi connectivity index (χ0n) is 8.19. The minimum Gasteiger partial charge on any atom is -0.394 e. The number of rotatable bonds is 5. The summed E-state index contributed by atoms with van der Waals surface area (Å²) < 4.78 is 10.1. The fourth-order valence-corrected chi connectivity index (χ4v) is 1.39. The topological polar surface area (TPSA) is 99.4 Å². The summed E-state index contributed by atoms with van der Waals surface area (Å²) in [7, 11) is 0. The molecule has 0 bridgehead atoms. The summed E-state index contributed by atoms with van der Waals surface area (Å²) in [5.74, 6) is 0. The van der Waals surface area contributed by atoms with E-state index in [9.17, 15) is 15.3 Å². The molecule has 1 fully saturated rings. The first-order valence-electron chi connectivity index (χ1n) is 4.64. The van der Waals surface area contributed by atoms with Crippen LogP contribution >= 0.6 is 0 Å². The molecule has 6 heteroatoms. The van der Waals surface area contributed by atoms with Crippen LogP contribution in [0, 0.1) is 0 Å². The van der Waals surface area contributed by atoms with E-state index in [2.05, 4.69) is 6.58 Å². The van der Waals surface area contributed by atoms with Crippen LogP contribution < -0.4 is 0 Å². The fraction of sp³-hybridized carbons (Fsp3) is 0.778. The summed E-state index contributed by atoms with van der Waals surface area (Å²) in [4.78, 5) is 0. The molecule has 0 aromatic carbocycles. The maximum atomic E-state index is 9.48.